The van der Waals surface area contributed by atoms with Gasteiger partial charge in [0.2, 0.25) is 0 Å². The summed E-state index contributed by atoms with van der Waals surface area (Å²) in [5.74, 6) is 2.06. The van der Waals surface area contributed by atoms with E-state index in [0.717, 1.165) is 49.5 Å². The number of likely N-dealkylation sites (tertiary alicyclic amines) is 1. The van der Waals surface area contributed by atoms with Crippen LogP contribution < -0.4 is 5.32 Å². The number of piperidine rings is 1. The fourth-order valence-corrected chi connectivity index (χ4v) is 4.38. The lowest BCUT2D eigenvalue weighted by molar-refractivity contribution is 0.0709. The summed E-state index contributed by atoms with van der Waals surface area (Å²) in [5, 5.41) is 12.8. The maximum Gasteiger partial charge on any atom is 0.255 e. The molecule has 0 radical (unpaired) electrons. The molecule has 10 heteroatoms. The van der Waals surface area contributed by atoms with Gasteiger partial charge in [0.25, 0.3) is 5.91 Å². The van der Waals surface area contributed by atoms with Crippen LogP contribution in [0.15, 0.2) is 24.3 Å². The van der Waals surface area contributed by atoms with Crippen molar-refractivity contribution in [2.75, 3.05) is 19.6 Å². The number of aromatic nitrogens is 4. The van der Waals surface area contributed by atoms with Crippen LogP contribution in [0.1, 0.15) is 46.5 Å². The zero-order chi connectivity index (χ0) is 20.0. The lowest BCUT2D eigenvalue weighted by Gasteiger charge is -2.32. The van der Waals surface area contributed by atoms with E-state index < -0.39 is 0 Å². The molecule has 2 aromatic heterocycles. The molecule has 1 saturated heterocycles. The van der Waals surface area contributed by atoms with E-state index in [4.69, 9.17) is 0 Å². The number of aryl methyl sites for hydroxylation is 1. The quantitative estimate of drug-likeness (QED) is 0.627. The minimum Gasteiger partial charge on any atom is -0.339 e. The normalized spacial score (nSPS) is 16.4. The van der Waals surface area contributed by atoms with E-state index in [-0.39, 0.29) is 36.5 Å². The molecule has 5 rings (SSSR count). The van der Waals surface area contributed by atoms with Crippen LogP contribution in [-0.2, 0) is 13.1 Å². The van der Waals surface area contributed by atoms with E-state index in [1.165, 1.54) is 12.1 Å². The number of nitrogens with one attached hydrogen (secondary N) is 1. The Kier molecular flexibility index (Phi) is 7.13. The zero-order valence-corrected chi connectivity index (χ0v) is 18.8. The Balaban J connectivity index is 0.00000136. The molecule has 1 fully saturated rings. The first-order valence-electron chi connectivity index (χ1n) is 10.1. The predicted octanol–water partition coefficient (Wildman–Crippen LogP) is 3.24. The largest absolute Gasteiger partial charge is 0.339 e. The molecule has 1 aromatic carbocycles. The minimum atomic E-state index is -0.322. The van der Waals surface area contributed by atoms with E-state index in [1.54, 1.807) is 13.0 Å². The third-order valence-corrected chi connectivity index (χ3v) is 6.00. The molecule has 31 heavy (non-hydrogen) atoms. The molecule has 0 atom stereocenters. The summed E-state index contributed by atoms with van der Waals surface area (Å²) in [7, 11) is 0. The Bertz CT molecular complexity index is 1100. The molecule has 0 unspecified atom stereocenters. The number of hydrogen-bond acceptors (Lipinski definition) is 5. The fourth-order valence-electron chi connectivity index (χ4n) is 4.38. The Morgan fingerprint density at radius 3 is 2.68 bits per heavy atom. The smallest absolute Gasteiger partial charge is 0.255 e. The lowest BCUT2D eigenvalue weighted by atomic mass is 9.95. The van der Waals surface area contributed by atoms with Crippen molar-refractivity contribution in [1.29, 1.82) is 0 Å². The summed E-state index contributed by atoms with van der Waals surface area (Å²) in [4.78, 5) is 19.5. The van der Waals surface area contributed by atoms with Crippen LogP contribution >= 0.6 is 24.8 Å². The van der Waals surface area contributed by atoms with Crippen molar-refractivity contribution in [3.8, 4) is 0 Å². The number of fused-ring (bicyclic) bond motifs is 2. The second-order valence-corrected chi connectivity index (χ2v) is 7.83. The number of nitrogens with zero attached hydrogens (tertiary/aromatic N) is 5. The van der Waals surface area contributed by atoms with Crippen LogP contribution in [0, 0.1) is 12.7 Å². The highest BCUT2D eigenvalue weighted by Crippen LogP contribution is 2.29. The third-order valence-electron chi connectivity index (χ3n) is 6.00. The van der Waals surface area contributed by atoms with Gasteiger partial charge >= 0.3 is 0 Å². The highest BCUT2D eigenvalue weighted by atomic mass is 35.5. The molecular formula is C21H25Cl2FN6O. The van der Waals surface area contributed by atoms with E-state index >= 15 is 0 Å². The Morgan fingerprint density at radius 2 is 1.90 bits per heavy atom. The van der Waals surface area contributed by atoms with Gasteiger partial charge in [-0.15, -0.1) is 35.0 Å². The molecule has 4 heterocycles. The zero-order valence-electron chi connectivity index (χ0n) is 17.2. The van der Waals surface area contributed by atoms with Gasteiger partial charge in [0.15, 0.2) is 0 Å². The molecule has 2 aliphatic heterocycles. The molecule has 0 aliphatic carbocycles. The standard InChI is InChI=1S/C21H23FN6O.2ClH/c1-13-17(10-15-2-3-16(22)11-18(15)24-13)21(29)27-7-4-14(5-8-27)20-26-25-19-12-23-6-9-28(19)20;;/h2-3,10-11,14,23H,4-9,12H2,1H3;2*1H. The summed E-state index contributed by atoms with van der Waals surface area (Å²) < 4.78 is 15.7. The van der Waals surface area contributed by atoms with Crippen LogP contribution in [0.2, 0.25) is 0 Å². The monoisotopic (exact) mass is 466 g/mol. The molecular weight excluding hydrogens is 442 g/mol. The number of hydrogen-bond donors (Lipinski definition) is 1. The van der Waals surface area contributed by atoms with Crippen molar-refractivity contribution >= 4 is 41.6 Å². The predicted molar refractivity (Wildman–Crippen MR) is 121 cm³/mol. The van der Waals surface area contributed by atoms with Gasteiger partial charge in [-0.25, -0.2) is 4.39 Å². The van der Waals surface area contributed by atoms with E-state index in [1.807, 2.05) is 11.0 Å². The second-order valence-electron chi connectivity index (χ2n) is 7.83. The second kappa shape index (κ2) is 9.46. The number of carbonyl (C=O) groups excluding carboxylic acids is 1. The van der Waals surface area contributed by atoms with Gasteiger partial charge < -0.3 is 14.8 Å². The third kappa shape index (κ3) is 4.37. The number of carbonyl (C=O) groups is 1. The Labute approximate surface area is 192 Å². The SMILES string of the molecule is Cc1nc2cc(F)ccc2cc1C(=O)N1CCC(c2nnc3n2CCNC3)CC1.Cl.Cl. The van der Waals surface area contributed by atoms with Gasteiger partial charge in [-0.3, -0.25) is 9.78 Å². The number of rotatable bonds is 2. The number of benzene rings is 1. The first-order chi connectivity index (χ1) is 14.1. The summed E-state index contributed by atoms with van der Waals surface area (Å²) >= 11 is 0. The van der Waals surface area contributed by atoms with E-state index in [2.05, 4.69) is 25.1 Å². The minimum absolute atomic E-state index is 0. The molecule has 7 nitrogen and oxygen atoms in total. The number of pyridine rings is 1. The highest BCUT2D eigenvalue weighted by molar-refractivity contribution is 5.98. The summed E-state index contributed by atoms with van der Waals surface area (Å²) in [6.07, 6.45) is 1.76. The van der Waals surface area contributed by atoms with Crippen molar-refractivity contribution in [2.45, 2.75) is 38.8 Å². The maximum absolute atomic E-state index is 13.4. The van der Waals surface area contributed by atoms with E-state index in [0.29, 0.717) is 35.8 Å². The average molecular weight is 467 g/mol. The summed E-state index contributed by atoms with van der Waals surface area (Å²) in [6.45, 7) is 5.78. The van der Waals surface area contributed by atoms with Crippen LogP contribution in [0.3, 0.4) is 0 Å². The molecule has 3 aromatic rings. The van der Waals surface area contributed by atoms with Gasteiger partial charge in [0, 0.05) is 43.5 Å². The van der Waals surface area contributed by atoms with Crippen LogP contribution in [0.25, 0.3) is 10.9 Å². The van der Waals surface area contributed by atoms with E-state index in [9.17, 15) is 9.18 Å². The molecule has 2 aliphatic rings. The molecule has 0 spiro atoms. The first kappa shape index (κ1) is 23.4. The molecule has 166 valence electrons. The van der Waals surface area contributed by atoms with Gasteiger partial charge in [-0.05, 0) is 38.0 Å². The van der Waals surface area contributed by atoms with Crippen molar-refractivity contribution in [3.05, 3.63) is 53.0 Å². The summed E-state index contributed by atoms with van der Waals surface area (Å²) in [6, 6.07) is 6.29. The highest BCUT2D eigenvalue weighted by Gasteiger charge is 2.29. The number of halogens is 3. The molecule has 1 amide bonds. The van der Waals surface area contributed by atoms with Crippen molar-refractivity contribution in [1.82, 2.24) is 30.0 Å². The van der Waals surface area contributed by atoms with Crippen LogP contribution in [-0.4, -0.2) is 50.2 Å². The molecule has 0 bridgehead atoms. The van der Waals surface area contributed by atoms with Crippen molar-refractivity contribution in [3.63, 3.8) is 0 Å². The van der Waals surface area contributed by atoms with Gasteiger partial charge in [-0.2, -0.15) is 0 Å². The van der Waals surface area contributed by atoms with Gasteiger partial charge in [0.1, 0.15) is 17.5 Å². The van der Waals surface area contributed by atoms with Gasteiger partial charge in [-0.1, -0.05) is 0 Å². The van der Waals surface area contributed by atoms with Crippen LogP contribution in [0.5, 0.6) is 0 Å². The Morgan fingerprint density at radius 1 is 1.13 bits per heavy atom. The lowest BCUT2D eigenvalue weighted by Crippen LogP contribution is -2.39. The van der Waals surface area contributed by atoms with Crippen molar-refractivity contribution in [2.24, 2.45) is 0 Å². The number of amides is 1. The fraction of sp³-hybridized carbons (Fsp3) is 0.429. The summed E-state index contributed by atoms with van der Waals surface area (Å²) in [5.41, 5.74) is 1.80. The topological polar surface area (TPSA) is 75.9 Å². The maximum atomic E-state index is 13.4. The van der Waals surface area contributed by atoms with Gasteiger partial charge in [0.05, 0.1) is 23.3 Å². The van der Waals surface area contributed by atoms with Crippen molar-refractivity contribution < 1.29 is 9.18 Å². The molecule has 0 saturated carbocycles. The Hall–Kier alpha value is -2.29. The first-order valence-corrected chi connectivity index (χ1v) is 10.1. The molecule has 1 N–H and O–H groups in total. The average Bonchev–Trinajstić information content (AvgIpc) is 3.17. The van der Waals surface area contributed by atoms with Crippen LogP contribution in [0.4, 0.5) is 4.39 Å².